The molecule has 1 aliphatic rings. The Morgan fingerprint density at radius 3 is 2.76 bits per heavy atom. The van der Waals surface area contributed by atoms with E-state index in [1.807, 2.05) is 13.0 Å². The molecule has 0 radical (unpaired) electrons. The minimum absolute atomic E-state index is 0.194. The van der Waals surface area contributed by atoms with Gasteiger partial charge in [0, 0.05) is 13.1 Å². The topological polar surface area (TPSA) is 93.4 Å². The molecule has 0 aromatic heterocycles. The molecule has 1 aromatic rings. The highest BCUT2D eigenvalue weighted by Crippen LogP contribution is 2.34. The van der Waals surface area contributed by atoms with Gasteiger partial charge in [-0.3, -0.25) is 4.79 Å². The Labute approximate surface area is 123 Å². The second-order valence-corrected chi connectivity index (χ2v) is 5.20. The van der Waals surface area contributed by atoms with Gasteiger partial charge < -0.3 is 15.3 Å². The standard InChI is InChI=1S/C15H17N3O3/c1-2-15(13(19)20)7-8-18(10-15)14(21)17-12-6-4-3-5-11(12)9-16/h3-6H,2,7-8,10H2,1H3,(H,17,21)(H,19,20). The van der Waals surface area contributed by atoms with Gasteiger partial charge in [-0.15, -0.1) is 0 Å². The number of hydrogen-bond donors (Lipinski definition) is 2. The van der Waals surface area contributed by atoms with E-state index in [1.54, 1.807) is 24.3 Å². The molecule has 0 aliphatic carbocycles. The largest absolute Gasteiger partial charge is 0.481 e. The van der Waals surface area contributed by atoms with Crippen molar-refractivity contribution >= 4 is 17.7 Å². The maximum atomic E-state index is 12.2. The van der Waals surface area contributed by atoms with Crippen LogP contribution in [0.25, 0.3) is 0 Å². The summed E-state index contributed by atoms with van der Waals surface area (Å²) in [5.41, 5.74) is -0.0362. The number of anilines is 1. The third-order valence-corrected chi connectivity index (χ3v) is 4.06. The smallest absolute Gasteiger partial charge is 0.321 e. The number of amides is 2. The third-order valence-electron chi connectivity index (χ3n) is 4.06. The quantitative estimate of drug-likeness (QED) is 0.891. The zero-order chi connectivity index (χ0) is 15.5. The first-order valence-electron chi connectivity index (χ1n) is 6.81. The van der Waals surface area contributed by atoms with Crippen molar-refractivity contribution in [2.24, 2.45) is 5.41 Å². The van der Waals surface area contributed by atoms with Gasteiger partial charge in [-0.1, -0.05) is 19.1 Å². The summed E-state index contributed by atoms with van der Waals surface area (Å²) in [6.07, 6.45) is 0.938. The molecule has 1 unspecified atom stereocenters. The third kappa shape index (κ3) is 2.82. The maximum Gasteiger partial charge on any atom is 0.321 e. The lowest BCUT2D eigenvalue weighted by Gasteiger charge is -2.23. The van der Waals surface area contributed by atoms with Crippen molar-refractivity contribution in [3.05, 3.63) is 29.8 Å². The van der Waals surface area contributed by atoms with E-state index in [1.165, 1.54) is 4.90 Å². The molecule has 1 aromatic carbocycles. The van der Waals surface area contributed by atoms with Gasteiger partial charge in [-0.2, -0.15) is 5.26 Å². The highest BCUT2D eigenvalue weighted by Gasteiger charge is 2.44. The summed E-state index contributed by atoms with van der Waals surface area (Å²) in [4.78, 5) is 25.1. The first kappa shape index (κ1) is 14.9. The summed E-state index contributed by atoms with van der Waals surface area (Å²) >= 11 is 0. The van der Waals surface area contributed by atoms with Crippen LogP contribution in [0.5, 0.6) is 0 Å². The Morgan fingerprint density at radius 1 is 1.48 bits per heavy atom. The molecule has 6 nitrogen and oxygen atoms in total. The zero-order valence-corrected chi connectivity index (χ0v) is 11.8. The average molecular weight is 287 g/mol. The average Bonchev–Trinajstić information content (AvgIpc) is 2.94. The van der Waals surface area contributed by atoms with Gasteiger partial charge in [0.1, 0.15) is 6.07 Å². The van der Waals surface area contributed by atoms with Crippen molar-refractivity contribution in [3.8, 4) is 6.07 Å². The SMILES string of the molecule is CCC1(C(=O)O)CCN(C(=O)Nc2ccccc2C#N)C1. The van der Waals surface area contributed by atoms with Crippen LogP contribution < -0.4 is 5.32 Å². The summed E-state index contributed by atoms with van der Waals surface area (Å²) in [5, 5.41) is 21.0. The lowest BCUT2D eigenvalue weighted by atomic mass is 9.84. The summed E-state index contributed by atoms with van der Waals surface area (Å²) in [5.74, 6) is -0.863. The van der Waals surface area contributed by atoms with Crippen molar-refractivity contribution in [3.63, 3.8) is 0 Å². The number of nitrogens with one attached hydrogen (secondary N) is 1. The minimum atomic E-state index is -0.863. The van der Waals surface area contributed by atoms with Gasteiger partial charge in [0.15, 0.2) is 0 Å². The number of likely N-dealkylation sites (tertiary alicyclic amines) is 1. The summed E-state index contributed by atoms with van der Waals surface area (Å²) < 4.78 is 0. The van der Waals surface area contributed by atoms with E-state index in [-0.39, 0.29) is 12.6 Å². The Balaban J connectivity index is 2.09. The van der Waals surface area contributed by atoms with E-state index < -0.39 is 11.4 Å². The number of carboxylic acid groups (broad SMARTS) is 1. The molecule has 1 fully saturated rings. The van der Waals surface area contributed by atoms with Crippen LogP contribution in [0.15, 0.2) is 24.3 Å². The molecular weight excluding hydrogens is 270 g/mol. The van der Waals surface area contributed by atoms with Crippen LogP contribution in [0.3, 0.4) is 0 Å². The Kier molecular flexibility index (Phi) is 4.13. The molecule has 6 heteroatoms. The summed E-state index contributed by atoms with van der Waals surface area (Å²) in [6.45, 7) is 2.42. The number of benzene rings is 1. The van der Waals surface area contributed by atoms with E-state index in [4.69, 9.17) is 5.26 Å². The maximum absolute atomic E-state index is 12.2. The van der Waals surface area contributed by atoms with Crippen molar-refractivity contribution in [2.45, 2.75) is 19.8 Å². The van der Waals surface area contributed by atoms with E-state index in [2.05, 4.69) is 5.32 Å². The van der Waals surface area contributed by atoms with Gasteiger partial charge in [0.25, 0.3) is 0 Å². The van der Waals surface area contributed by atoms with Crippen molar-refractivity contribution in [2.75, 3.05) is 18.4 Å². The molecule has 1 heterocycles. The molecular formula is C15H17N3O3. The molecule has 110 valence electrons. The predicted molar refractivity (Wildman–Crippen MR) is 76.7 cm³/mol. The Bertz CT molecular complexity index is 608. The molecule has 2 amide bonds. The van der Waals surface area contributed by atoms with E-state index in [0.717, 1.165) is 0 Å². The Hall–Kier alpha value is -2.55. The highest BCUT2D eigenvalue weighted by atomic mass is 16.4. The van der Waals surface area contributed by atoms with Gasteiger partial charge in [-0.25, -0.2) is 4.79 Å². The number of hydrogen-bond acceptors (Lipinski definition) is 3. The van der Waals surface area contributed by atoms with Crippen molar-refractivity contribution < 1.29 is 14.7 Å². The van der Waals surface area contributed by atoms with Gasteiger partial charge >= 0.3 is 12.0 Å². The Morgan fingerprint density at radius 2 is 2.19 bits per heavy atom. The second-order valence-electron chi connectivity index (χ2n) is 5.20. The molecule has 0 saturated carbocycles. The fourth-order valence-corrected chi connectivity index (χ4v) is 2.54. The molecule has 0 spiro atoms. The fourth-order valence-electron chi connectivity index (χ4n) is 2.54. The number of nitriles is 1. The molecule has 1 saturated heterocycles. The van der Waals surface area contributed by atoms with Crippen LogP contribution in [0.2, 0.25) is 0 Å². The number of carbonyl (C=O) groups excluding carboxylic acids is 1. The number of urea groups is 1. The fraction of sp³-hybridized carbons (Fsp3) is 0.400. The van der Waals surface area contributed by atoms with Gasteiger partial charge in [0.05, 0.1) is 16.7 Å². The number of carboxylic acids is 1. The summed E-state index contributed by atoms with van der Waals surface area (Å²) in [7, 11) is 0. The van der Waals surface area contributed by atoms with Crippen LogP contribution in [0.1, 0.15) is 25.3 Å². The number of carbonyl (C=O) groups is 2. The van der Waals surface area contributed by atoms with Crippen LogP contribution >= 0.6 is 0 Å². The molecule has 1 aliphatic heterocycles. The number of aliphatic carboxylic acids is 1. The monoisotopic (exact) mass is 287 g/mol. The van der Waals surface area contributed by atoms with Crippen LogP contribution in [0, 0.1) is 16.7 Å². The van der Waals surface area contributed by atoms with Crippen LogP contribution in [0.4, 0.5) is 10.5 Å². The second kappa shape index (κ2) is 5.83. The van der Waals surface area contributed by atoms with Crippen LogP contribution in [-0.2, 0) is 4.79 Å². The van der Waals surface area contributed by atoms with Gasteiger partial charge in [0.2, 0.25) is 0 Å². The van der Waals surface area contributed by atoms with Crippen molar-refractivity contribution in [1.29, 1.82) is 5.26 Å². The first-order chi connectivity index (χ1) is 10.0. The molecule has 2 N–H and O–H groups in total. The number of nitrogens with zero attached hydrogens (tertiary/aromatic N) is 2. The molecule has 0 bridgehead atoms. The molecule has 21 heavy (non-hydrogen) atoms. The summed E-state index contributed by atoms with van der Waals surface area (Å²) in [6, 6.07) is 8.36. The van der Waals surface area contributed by atoms with Crippen LogP contribution in [-0.4, -0.2) is 35.1 Å². The minimum Gasteiger partial charge on any atom is -0.481 e. The lowest BCUT2D eigenvalue weighted by molar-refractivity contribution is -0.148. The van der Waals surface area contributed by atoms with E-state index in [0.29, 0.717) is 30.6 Å². The first-order valence-corrected chi connectivity index (χ1v) is 6.81. The zero-order valence-electron chi connectivity index (χ0n) is 11.8. The van der Waals surface area contributed by atoms with E-state index in [9.17, 15) is 14.7 Å². The normalized spacial score (nSPS) is 20.9. The molecule has 2 rings (SSSR count). The van der Waals surface area contributed by atoms with Crippen molar-refractivity contribution in [1.82, 2.24) is 4.90 Å². The number of rotatable bonds is 3. The van der Waals surface area contributed by atoms with Gasteiger partial charge in [-0.05, 0) is 25.0 Å². The predicted octanol–water partition coefficient (Wildman–Crippen LogP) is 2.28. The lowest BCUT2D eigenvalue weighted by Crippen LogP contribution is -2.38. The van der Waals surface area contributed by atoms with E-state index >= 15 is 0 Å². The molecule has 1 atom stereocenters. The highest BCUT2D eigenvalue weighted by molar-refractivity contribution is 5.91. The number of para-hydroxylation sites is 1.